The molecule has 5 nitrogen and oxygen atoms in total. The van der Waals surface area contributed by atoms with Crippen molar-refractivity contribution in [2.24, 2.45) is 11.1 Å². The predicted molar refractivity (Wildman–Crippen MR) is 124 cm³/mol. The van der Waals surface area contributed by atoms with Gasteiger partial charge in [-0.1, -0.05) is 18.2 Å². The molecule has 8 heteroatoms. The lowest BCUT2D eigenvalue weighted by Crippen LogP contribution is -2.44. The van der Waals surface area contributed by atoms with Gasteiger partial charge in [-0.3, -0.25) is 0 Å². The molecular formula is C26H24F3N5. The zero-order valence-corrected chi connectivity index (χ0v) is 18.7. The number of fused-ring (bicyclic) bond motifs is 2. The summed E-state index contributed by atoms with van der Waals surface area (Å²) < 4.78 is 44.6. The van der Waals surface area contributed by atoms with E-state index in [1.165, 1.54) is 18.2 Å². The van der Waals surface area contributed by atoms with E-state index in [9.17, 15) is 13.2 Å². The van der Waals surface area contributed by atoms with E-state index >= 15 is 0 Å². The maximum absolute atomic E-state index is 14.6. The highest BCUT2D eigenvalue weighted by Crippen LogP contribution is 2.51. The highest BCUT2D eigenvalue weighted by atomic mass is 19.2. The van der Waals surface area contributed by atoms with Gasteiger partial charge in [-0.15, -0.1) is 0 Å². The number of hydrogen-bond acceptors (Lipinski definition) is 4. The molecule has 1 fully saturated rings. The molecule has 1 unspecified atom stereocenters. The lowest BCUT2D eigenvalue weighted by atomic mass is 9.73. The number of aryl methyl sites for hydroxylation is 1. The van der Waals surface area contributed by atoms with Gasteiger partial charge in [-0.05, 0) is 67.0 Å². The Morgan fingerprint density at radius 2 is 1.74 bits per heavy atom. The van der Waals surface area contributed by atoms with Crippen molar-refractivity contribution in [1.82, 2.24) is 14.6 Å². The molecule has 1 atom stereocenters. The van der Waals surface area contributed by atoms with E-state index in [0.717, 1.165) is 41.4 Å². The molecule has 34 heavy (non-hydrogen) atoms. The fourth-order valence-electron chi connectivity index (χ4n) is 5.80. The molecular weight excluding hydrogens is 439 g/mol. The normalized spacial score (nSPS) is 19.2. The van der Waals surface area contributed by atoms with Crippen LogP contribution in [0, 0.1) is 29.8 Å². The summed E-state index contributed by atoms with van der Waals surface area (Å²) in [5, 5.41) is 4.40. The number of nitrogens with two attached hydrogens (primary N) is 1. The van der Waals surface area contributed by atoms with Crippen molar-refractivity contribution < 1.29 is 13.2 Å². The van der Waals surface area contributed by atoms with Crippen molar-refractivity contribution in [2.75, 3.05) is 18.0 Å². The highest BCUT2D eigenvalue weighted by molar-refractivity contribution is 5.75. The largest absolute Gasteiger partial charge is 0.355 e. The molecule has 4 aromatic rings. The first-order chi connectivity index (χ1) is 16.4. The lowest BCUT2D eigenvalue weighted by Gasteiger charge is -2.42. The Hall–Kier alpha value is -3.39. The number of anilines is 1. The number of rotatable bonds is 2. The third kappa shape index (κ3) is 2.98. The van der Waals surface area contributed by atoms with E-state index in [-0.39, 0.29) is 22.8 Å². The van der Waals surface area contributed by atoms with Crippen molar-refractivity contribution in [2.45, 2.75) is 32.2 Å². The van der Waals surface area contributed by atoms with Crippen molar-refractivity contribution in [3.8, 4) is 11.3 Å². The molecule has 0 saturated carbocycles. The van der Waals surface area contributed by atoms with E-state index < -0.39 is 11.6 Å². The van der Waals surface area contributed by atoms with Gasteiger partial charge in [0.15, 0.2) is 17.5 Å². The van der Waals surface area contributed by atoms with Crippen molar-refractivity contribution in [3.63, 3.8) is 0 Å². The molecule has 1 aliphatic carbocycles. The fourth-order valence-corrected chi connectivity index (χ4v) is 5.80. The van der Waals surface area contributed by atoms with E-state index in [1.54, 1.807) is 23.7 Å². The van der Waals surface area contributed by atoms with Crippen LogP contribution in [0.5, 0.6) is 0 Å². The average Bonchev–Trinajstić information content (AvgIpc) is 3.41. The Balaban J connectivity index is 1.34. The standard InChI is InChI=1S/C26H24F3N5/c1-15-23(17-5-3-7-20(28)22(17)29)34-21(8-11-31-34)25(32-15)33-12-9-26(10-13-33)14-18-16(24(26)30)4-2-6-19(18)27/h2-8,11,24H,9-10,12-14,30H2,1H3. The summed E-state index contributed by atoms with van der Waals surface area (Å²) in [7, 11) is 0. The minimum atomic E-state index is -0.918. The monoisotopic (exact) mass is 463 g/mol. The Bertz CT molecular complexity index is 1420. The van der Waals surface area contributed by atoms with Crippen LogP contribution in [0.25, 0.3) is 16.8 Å². The van der Waals surface area contributed by atoms with Crippen molar-refractivity contribution >= 4 is 11.3 Å². The SMILES string of the molecule is Cc1nc(N2CCC3(CC2)Cc2c(F)cccc2C3N)c2ccnn2c1-c1cccc(F)c1F. The van der Waals surface area contributed by atoms with E-state index in [2.05, 4.69) is 10.00 Å². The lowest BCUT2D eigenvalue weighted by molar-refractivity contribution is 0.186. The molecule has 3 heterocycles. The van der Waals surface area contributed by atoms with E-state index in [0.29, 0.717) is 30.9 Å². The van der Waals surface area contributed by atoms with Gasteiger partial charge >= 0.3 is 0 Å². The second-order valence-corrected chi connectivity index (χ2v) is 9.41. The molecule has 0 radical (unpaired) electrons. The Kier molecular flexibility index (Phi) is 4.71. The third-order valence-electron chi connectivity index (χ3n) is 7.64. The zero-order chi connectivity index (χ0) is 23.6. The van der Waals surface area contributed by atoms with Gasteiger partial charge in [-0.25, -0.2) is 22.7 Å². The van der Waals surface area contributed by atoms with E-state index in [1.807, 2.05) is 12.1 Å². The van der Waals surface area contributed by atoms with Crippen LogP contribution in [0.4, 0.5) is 19.0 Å². The summed E-state index contributed by atoms with van der Waals surface area (Å²) in [6.07, 6.45) is 3.90. The summed E-state index contributed by atoms with van der Waals surface area (Å²) in [4.78, 5) is 7.00. The molecule has 6 rings (SSSR count). The molecule has 1 saturated heterocycles. The quantitative estimate of drug-likeness (QED) is 0.456. The van der Waals surface area contributed by atoms with Crippen molar-refractivity contribution in [1.29, 1.82) is 0 Å². The minimum Gasteiger partial charge on any atom is -0.355 e. The number of nitrogens with zero attached hydrogens (tertiary/aromatic N) is 4. The maximum atomic E-state index is 14.6. The average molecular weight is 464 g/mol. The summed E-state index contributed by atoms with van der Waals surface area (Å²) >= 11 is 0. The fraction of sp³-hybridized carbons (Fsp3) is 0.308. The Labute approximate surface area is 195 Å². The van der Waals surface area contributed by atoms with Crippen LogP contribution in [0.15, 0.2) is 48.7 Å². The van der Waals surface area contributed by atoms with Gasteiger partial charge in [0.25, 0.3) is 0 Å². The van der Waals surface area contributed by atoms with Gasteiger partial charge in [0.2, 0.25) is 0 Å². The maximum Gasteiger partial charge on any atom is 0.168 e. The van der Waals surface area contributed by atoms with Crippen LogP contribution >= 0.6 is 0 Å². The molecule has 2 aromatic carbocycles. The van der Waals surface area contributed by atoms with Crippen LogP contribution in [-0.4, -0.2) is 27.7 Å². The number of halogens is 3. The second kappa shape index (κ2) is 7.56. The number of benzene rings is 2. The third-order valence-corrected chi connectivity index (χ3v) is 7.64. The highest BCUT2D eigenvalue weighted by Gasteiger charge is 2.47. The first kappa shape index (κ1) is 21.2. The van der Waals surface area contributed by atoms with Gasteiger partial charge in [-0.2, -0.15) is 5.10 Å². The first-order valence-electron chi connectivity index (χ1n) is 11.5. The smallest absolute Gasteiger partial charge is 0.168 e. The van der Waals surface area contributed by atoms with Gasteiger partial charge in [0.05, 0.1) is 17.6 Å². The summed E-state index contributed by atoms with van der Waals surface area (Å²) in [6, 6.07) is 10.9. The minimum absolute atomic E-state index is 0.125. The van der Waals surface area contributed by atoms with Crippen LogP contribution in [0.1, 0.15) is 35.7 Å². The molecule has 2 aromatic heterocycles. The molecule has 174 valence electrons. The Morgan fingerprint density at radius 1 is 1.00 bits per heavy atom. The summed E-state index contributed by atoms with van der Waals surface area (Å²) in [6.45, 7) is 3.20. The number of hydrogen-bond donors (Lipinski definition) is 1. The summed E-state index contributed by atoms with van der Waals surface area (Å²) in [5.74, 6) is -1.25. The number of piperidine rings is 1. The van der Waals surface area contributed by atoms with E-state index in [4.69, 9.17) is 10.7 Å². The Morgan fingerprint density at radius 3 is 2.50 bits per heavy atom. The molecule has 1 spiro atoms. The number of aromatic nitrogens is 3. The molecule has 2 N–H and O–H groups in total. The first-order valence-corrected chi connectivity index (χ1v) is 11.5. The molecule has 1 aliphatic heterocycles. The van der Waals surface area contributed by atoms with Crippen LogP contribution in [-0.2, 0) is 6.42 Å². The van der Waals surface area contributed by atoms with Crippen LogP contribution < -0.4 is 10.6 Å². The van der Waals surface area contributed by atoms with Gasteiger partial charge < -0.3 is 10.6 Å². The van der Waals surface area contributed by atoms with Crippen molar-refractivity contribution in [3.05, 3.63) is 82.9 Å². The molecule has 0 bridgehead atoms. The molecule has 0 amide bonds. The second-order valence-electron chi connectivity index (χ2n) is 9.41. The topological polar surface area (TPSA) is 59.5 Å². The van der Waals surface area contributed by atoms with Gasteiger partial charge in [0, 0.05) is 24.7 Å². The summed E-state index contributed by atoms with van der Waals surface area (Å²) in [5.41, 5.74) is 9.97. The van der Waals surface area contributed by atoms with Crippen LogP contribution in [0.3, 0.4) is 0 Å². The predicted octanol–water partition coefficient (Wildman–Crippen LogP) is 4.96. The molecule has 2 aliphatic rings. The van der Waals surface area contributed by atoms with Crippen LogP contribution in [0.2, 0.25) is 0 Å². The zero-order valence-electron chi connectivity index (χ0n) is 18.7. The van der Waals surface area contributed by atoms with Gasteiger partial charge in [0.1, 0.15) is 11.3 Å².